The molecule has 2 aliphatic heterocycles. The molecule has 4 rings (SSSR count). The SMILES string of the molecule is CCN1CCN(C(=O)NC(C(=O)N[C@H]2Cc3cccc(C(=O)O)c3OB2O)C2CCCC2)C(=O)C1=O. The van der Waals surface area contributed by atoms with E-state index in [2.05, 4.69) is 10.6 Å². The molecule has 2 heterocycles. The molecule has 36 heavy (non-hydrogen) atoms. The topological polar surface area (TPSA) is 166 Å². The van der Waals surface area contributed by atoms with Crippen LogP contribution in [-0.4, -0.2) is 88.4 Å². The van der Waals surface area contributed by atoms with Gasteiger partial charge in [-0.3, -0.25) is 19.3 Å². The van der Waals surface area contributed by atoms with Gasteiger partial charge in [0.05, 0.1) is 11.5 Å². The maximum absolute atomic E-state index is 13.3. The first-order valence-electron chi connectivity index (χ1n) is 12.1. The zero-order valence-electron chi connectivity index (χ0n) is 19.9. The number of hydrogen-bond donors (Lipinski definition) is 4. The van der Waals surface area contributed by atoms with Gasteiger partial charge in [0, 0.05) is 19.6 Å². The van der Waals surface area contributed by atoms with Gasteiger partial charge in [-0.05, 0) is 43.7 Å². The number of carboxylic acids is 1. The third-order valence-electron chi connectivity index (χ3n) is 7.05. The minimum Gasteiger partial charge on any atom is -0.534 e. The van der Waals surface area contributed by atoms with Crippen molar-refractivity contribution in [2.75, 3.05) is 19.6 Å². The van der Waals surface area contributed by atoms with Crippen LogP contribution in [0.15, 0.2) is 18.2 Å². The lowest BCUT2D eigenvalue weighted by molar-refractivity contribution is -0.153. The molecule has 0 bridgehead atoms. The monoisotopic (exact) mass is 500 g/mol. The normalized spacial score (nSPS) is 21.1. The molecular weight excluding hydrogens is 471 g/mol. The predicted octanol–water partition coefficient (Wildman–Crippen LogP) is -0.217. The first-order valence-corrected chi connectivity index (χ1v) is 12.1. The Morgan fingerprint density at radius 1 is 1.17 bits per heavy atom. The molecule has 5 amide bonds. The van der Waals surface area contributed by atoms with E-state index in [9.17, 15) is 34.1 Å². The van der Waals surface area contributed by atoms with Crippen LogP contribution in [0.4, 0.5) is 4.79 Å². The highest BCUT2D eigenvalue weighted by Crippen LogP contribution is 2.31. The molecule has 3 aliphatic rings. The minimum absolute atomic E-state index is 0.0289. The summed E-state index contributed by atoms with van der Waals surface area (Å²) in [5.74, 6) is -4.45. The number of carbonyl (C=O) groups is 5. The number of fused-ring (bicyclic) bond motifs is 1. The number of benzene rings is 1. The Labute approximate surface area is 208 Å². The summed E-state index contributed by atoms with van der Waals surface area (Å²) >= 11 is 0. The Morgan fingerprint density at radius 3 is 2.56 bits per heavy atom. The van der Waals surface area contributed by atoms with E-state index in [0.29, 0.717) is 24.9 Å². The summed E-state index contributed by atoms with van der Waals surface area (Å²) in [6.07, 6.45) is 3.29. The first-order chi connectivity index (χ1) is 17.2. The van der Waals surface area contributed by atoms with Crippen LogP contribution in [0.5, 0.6) is 5.75 Å². The Hall–Kier alpha value is -3.61. The van der Waals surface area contributed by atoms with Crippen molar-refractivity contribution in [1.82, 2.24) is 20.4 Å². The summed E-state index contributed by atoms with van der Waals surface area (Å²) in [5, 5.41) is 25.2. The first kappa shape index (κ1) is 25.5. The van der Waals surface area contributed by atoms with Crippen LogP contribution in [0.3, 0.4) is 0 Å². The molecule has 1 saturated carbocycles. The number of hydrogen-bond acceptors (Lipinski definition) is 7. The van der Waals surface area contributed by atoms with Crippen molar-refractivity contribution in [2.45, 2.75) is 51.0 Å². The van der Waals surface area contributed by atoms with E-state index in [1.54, 1.807) is 19.1 Å². The van der Waals surface area contributed by atoms with Gasteiger partial charge in [-0.2, -0.15) is 0 Å². The molecule has 12 nitrogen and oxygen atoms in total. The second-order valence-electron chi connectivity index (χ2n) is 9.24. The van der Waals surface area contributed by atoms with E-state index in [1.165, 1.54) is 11.0 Å². The predicted molar refractivity (Wildman–Crippen MR) is 126 cm³/mol. The standard InChI is InChI=1S/C23H29BN4O8/c1-2-27-10-11-28(21(31)20(27)30)23(34)26-17(13-6-3-4-7-13)19(29)25-16-12-14-8-5-9-15(22(32)33)18(14)36-24(16)35/h5,8-9,13,16-17,35H,2-4,6-7,10-12H2,1H3,(H,25,29)(H,26,34)(H,32,33)/t16-,17?/m0/s1. The molecule has 1 unspecified atom stereocenters. The number of rotatable bonds is 6. The second-order valence-corrected chi connectivity index (χ2v) is 9.24. The molecule has 2 fully saturated rings. The molecular formula is C23H29BN4O8. The summed E-state index contributed by atoms with van der Waals surface area (Å²) in [7, 11) is -1.50. The van der Waals surface area contributed by atoms with Crippen molar-refractivity contribution in [1.29, 1.82) is 0 Å². The van der Waals surface area contributed by atoms with Gasteiger partial charge in [-0.15, -0.1) is 0 Å². The van der Waals surface area contributed by atoms with Gasteiger partial charge in [0.15, 0.2) is 0 Å². The number of nitrogens with one attached hydrogen (secondary N) is 2. The van der Waals surface area contributed by atoms with Crippen LogP contribution in [-0.2, 0) is 20.8 Å². The highest BCUT2D eigenvalue weighted by molar-refractivity contribution is 6.47. The number of piperazine rings is 1. The fraction of sp³-hybridized carbons (Fsp3) is 0.522. The molecule has 1 saturated heterocycles. The summed E-state index contributed by atoms with van der Waals surface area (Å²) < 4.78 is 5.44. The lowest BCUT2D eigenvalue weighted by Crippen LogP contribution is -2.63. The Kier molecular flexibility index (Phi) is 7.48. The number of imide groups is 1. The zero-order valence-corrected chi connectivity index (χ0v) is 19.9. The Balaban J connectivity index is 1.47. The lowest BCUT2D eigenvalue weighted by atomic mass is 9.72. The Bertz CT molecular complexity index is 1080. The van der Waals surface area contributed by atoms with Crippen LogP contribution in [0.25, 0.3) is 0 Å². The van der Waals surface area contributed by atoms with Crippen molar-refractivity contribution >= 4 is 36.8 Å². The quantitative estimate of drug-likeness (QED) is 0.308. The molecule has 0 aromatic heterocycles. The van der Waals surface area contributed by atoms with Crippen LogP contribution in [0.2, 0.25) is 0 Å². The molecule has 192 valence electrons. The molecule has 1 aromatic rings. The number of amides is 5. The molecule has 2 atom stereocenters. The van der Waals surface area contributed by atoms with E-state index in [1.807, 2.05) is 0 Å². The van der Waals surface area contributed by atoms with Crippen LogP contribution < -0.4 is 15.3 Å². The summed E-state index contributed by atoms with van der Waals surface area (Å²) in [5.41, 5.74) is 0.430. The van der Waals surface area contributed by atoms with Crippen molar-refractivity contribution in [3.63, 3.8) is 0 Å². The fourth-order valence-corrected chi connectivity index (χ4v) is 5.06. The number of aromatic carboxylic acids is 1. The summed E-state index contributed by atoms with van der Waals surface area (Å²) in [6, 6.07) is 2.78. The van der Waals surface area contributed by atoms with Crippen LogP contribution >= 0.6 is 0 Å². The van der Waals surface area contributed by atoms with Gasteiger partial charge in [-0.25, -0.2) is 9.59 Å². The summed E-state index contributed by atoms with van der Waals surface area (Å²) in [4.78, 5) is 64.6. The van der Waals surface area contributed by atoms with E-state index in [0.717, 1.165) is 17.7 Å². The number of carboxylic acid groups (broad SMARTS) is 1. The number of urea groups is 1. The number of carbonyl (C=O) groups excluding carboxylic acids is 4. The van der Waals surface area contributed by atoms with Crippen LogP contribution in [0, 0.1) is 5.92 Å². The average molecular weight is 500 g/mol. The zero-order chi connectivity index (χ0) is 26.0. The smallest absolute Gasteiger partial charge is 0.534 e. The number of para-hydroxylation sites is 1. The molecule has 0 radical (unpaired) electrons. The number of nitrogens with zero attached hydrogens (tertiary/aromatic N) is 2. The molecule has 1 aromatic carbocycles. The fourth-order valence-electron chi connectivity index (χ4n) is 5.06. The van der Waals surface area contributed by atoms with E-state index in [4.69, 9.17) is 4.65 Å². The van der Waals surface area contributed by atoms with E-state index >= 15 is 0 Å². The highest BCUT2D eigenvalue weighted by Gasteiger charge is 2.42. The van der Waals surface area contributed by atoms with Crippen LogP contribution in [0.1, 0.15) is 48.5 Å². The Morgan fingerprint density at radius 2 is 1.89 bits per heavy atom. The molecule has 0 spiro atoms. The minimum atomic E-state index is -1.50. The van der Waals surface area contributed by atoms with Crippen molar-refractivity contribution < 1.29 is 38.8 Å². The van der Waals surface area contributed by atoms with Crippen molar-refractivity contribution in [2.24, 2.45) is 5.92 Å². The van der Waals surface area contributed by atoms with Crippen molar-refractivity contribution in [3.05, 3.63) is 29.3 Å². The van der Waals surface area contributed by atoms with Crippen molar-refractivity contribution in [3.8, 4) is 5.75 Å². The van der Waals surface area contributed by atoms with E-state index < -0.39 is 48.8 Å². The third-order valence-corrected chi connectivity index (χ3v) is 7.05. The lowest BCUT2D eigenvalue weighted by Gasteiger charge is -2.34. The molecule has 13 heteroatoms. The van der Waals surface area contributed by atoms with Gasteiger partial charge in [-0.1, -0.05) is 25.0 Å². The maximum Gasteiger partial charge on any atom is 0.547 e. The largest absolute Gasteiger partial charge is 0.547 e. The van der Waals surface area contributed by atoms with Gasteiger partial charge < -0.3 is 30.3 Å². The van der Waals surface area contributed by atoms with Gasteiger partial charge in [0.25, 0.3) is 0 Å². The maximum atomic E-state index is 13.3. The van der Waals surface area contributed by atoms with Gasteiger partial charge >= 0.3 is 30.9 Å². The third kappa shape index (κ3) is 5.01. The summed E-state index contributed by atoms with van der Waals surface area (Å²) in [6.45, 7) is 2.35. The van der Waals surface area contributed by atoms with E-state index in [-0.39, 0.29) is 36.7 Å². The number of likely N-dealkylation sites (N-methyl/N-ethyl adjacent to an activating group) is 1. The molecule has 1 aliphatic carbocycles. The van der Waals surface area contributed by atoms with Gasteiger partial charge in [0.1, 0.15) is 11.8 Å². The van der Waals surface area contributed by atoms with Gasteiger partial charge in [0.2, 0.25) is 5.91 Å². The highest BCUT2D eigenvalue weighted by atomic mass is 16.5. The average Bonchev–Trinajstić information content (AvgIpc) is 3.38. The second kappa shape index (κ2) is 10.6. The molecule has 4 N–H and O–H groups in total.